The van der Waals surface area contributed by atoms with Gasteiger partial charge in [0.05, 0.1) is 0 Å². The normalized spacial score (nSPS) is 21.4. The zero-order chi connectivity index (χ0) is 15.2. The van der Waals surface area contributed by atoms with Crippen LogP contribution in [0.4, 0.5) is 0 Å². The fourth-order valence-corrected chi connectivity index (χ4v) is 5.57. The molecule has 1 aromatic carbocycles. The summed E-state index contributed by atoms with van der Waals surface area (Å²) in [5.41, 5.74) is 1.10. The number of nitrogens with zero attached hydrogens (tertiary/aromatic N) is 1. The molecule has 3 heterocycles. The van der Waals surface area contributed by atoms with Crippen LogP contribution in [0.5, 0.6) is 11.5 Å². The summed E-state index contributed by atoms with van der Waals surface area (Å²) in [4.78, 5) is 0. The standard InChI is InChI=1S/C15H15NO4S2/c17-22(18,15-2-1-7-21-15)16-6-5-12(9-16)11-3-4-13-14(8-11)20-10-19-13/h1-4,7-8,12H,5-6,9-10H2. The first kappa shape index (κ1) is 14.0. The van der Waals surface area contributed by atoms with Crippen LogP contribution in [-0.4, -0.2) is 32.6 Å². The maximum atomic E-state index is 12.6. The van der Waals surface area contributed by atoms with Crippen LogP contribution in [0.2, 0.25) is 0 Å². The van der Waals surface area contributed by atoms with Crippen LogP contribution in [0.15, 0.2) is 39.9 Å². The molecule has 1 unspecified atom stereocenters. The molecule has 4 rings (SSSR count). The highest BCUT2D eigenvalue weighted by atomic mass is 32.2. The molecule has 7 heteroatoms. The van der Waals surface area contributed by atoms with Crippen molar-refractivity contribution in [2.75, 3.05) is 19.9 Å². The Bertz CT molecular complexity index is 786. The molecular weight excluding hydrogens is 322 g/mol. The zero-order valence-electron chi connectivity index (χ0n) is 11.8. The summed E-state index contributed by atoms with van der Waals surface area (Å²) in [6.45, 7) is 1.32. The molecule has 0 amide bonds. The van der Waals surface area contributed by atoms with Gasteiger partial charge < -0.3 is 9.47 Å². The average Bonchev–Trinajstić information content (AvgIpc) is 3.26. The Balaban J connectivity index is 1.55. The van der Waals surface area contributed by atoms with Crippen molar-refractivity contribution >= 4 is 21.4 Å². The van der Waals surface area contributed by atoms with Crippen LogP contribution in [0.3, 0.4) is 0 Å². The number of rotatable bonds is 3. The second-order valence-corrected chi connectivity index (χ2v) is 8.51. The number of fused-ring (bicyclic) bond motifs is 1. The quantitative estimate of drug-likeness (QED) is 0.864. The van der Waals surface area contributed by atoms with Crippen LogP contribution < -0.4 is 9.47 Å². The largest absolute Gasteiger partial charge is 0.454 e. The minimum atomic E-state index is -3.35. The van der Waals surface area contributed by atoms with Gasteiger partial charge in [-0.3, -0.25) is 0 Å². The fourth-order valence-electron chi connectivity index (χ4n) is 2.92. The average molecular weight is 337 g/mol. The lowest BCUT2D eigenvalue weighted by atomic mass is 9.98. The maximum absolute atomic E-state index is 12.6. The van der Waals surface area contributed by atoms with E-state index < -0.39 is 10.0 Å². The third kappa shape index (κ3) is 2.29. The van der Waals surface area contributed by atoms with Crippen molar-refractivity contribution in [1.29, 1.82) is 0 Å². The third-order valence-corrected chi connectivity index (χ3v) is 7.35. The van der Waals surface area contributed by atoms with Gasteiger partial charge in [-0.05, 0) is 41.5 Å². The molecule has 2 aliphatic heterocycles. The monoisotopic (exact) mass is 337 g/mol. The van der Waals surface area contributed by atoms with Crippen molar-refractivity contribution in [3.63, 3.8) is 0 Å². The Morgan fingerprint density at radius 3 is 2.86 bits per heavy atom. The lowest BCUT2D eigenvalue weighted by molar-refractivity contribution is 0.174. The summed E-state index contributed by atoms with van der Waals surface area (Å²) < 4.78 is 37.8. The minimum Gasteiger partial charge on any atom is -0.454 e. The lowest BCUT2D eigenvalue weighted by Crippen LogP contribution is -2.28. The summed E-state index contributed by atoms with van der Waals surface area (Å²) in [5.74, 6) is 1.70. The summed E-state index contributed by atoms with van der Waals surface area (Å²) in [7, 11) is -3.35. The van der Waals surface area contributed by atoms with E-state index in [4.69, 9.17) is 9.47 Å². The molecule has 2 aliphatic rings. The van der Waals surface area contributed by atoms with Crippen LogP contribution in [0.25, 0.3) is 0 Å². The number of sulfonamides is 1. The van der Waals surface area contributed by atoms with Crippen molar-refractivity contribution in [3.05, 3.63) is 41.3 Å². The van der Waals surface area contributed by atoms with Crippen LogP contribution >= 0.6 is 11.3 Å². The lowest BCUT2D eigenvalue weighted by Gasteiger charge is -2.15. The highest BCUT2D eigenvalue weighted by Crippen LogP contribution is 2.38. The Kier molecular flexibility index (Phi) is 3.36. The molecule has 0 aliphatic carbocycles. The minimum absolute atomic E-state index is 0.198. The molecule has 0 saturated carbocycles. The molecule has 5 nitrogen and oxygen atoms in total. The van der Waals surface area contributed by atoms with E-state index in [1.807, 2.05) is 18.2 Å². The smallest absolute Gasteiger partial charge is 0.252 e. The zero-order valence-corrected chi connectivity index (χ0v) is 13.4. The van der Waals surface area contributed by atoms with Gasteiger partial charge in [-0.2, -0.15) is 4.31 Å². The molecule has 0 bridgehead atoms. The highest BCUT2D eigenvalue weighted by Gasteiger charge is 2.34. The van der Waals surface area contributed by atoms with Gasteiger partial charge in [0, 0.05) is 13.1 Å². The van der Waals surface area contributed by atoms with Gasteiger partial charge in [-0.25, -0.2) is 8.42 Å². The van der Waals surface area contributed by atoms with Gasteiger partial charge in [0.15, 0.2) is 11.5 Å². The molecule has 116 valence electrons. The van der Waals surface area contributed by atoms with Crippen molar-refractivity contribution in [2.45, 2.75) is 16.5 Å². The Hall–Kier alpha value is -1.57. The molecule has 2 aromatic rings. The van der Waals surface area contributed by atoms with E-state index in [2.05, 4.69) is 0 Å². The first-order chi connectivity index (χ1) is 10.6. The predicted octanol–water partition coefficient (Wildman–Crippen LogP) is 2.66. The van der Waals surface area contributed by atoms with Gasteiger partial charge in [-0.1, -0.05) is 12.1 Å². The third-order valence-electron chi connectivity index (χ3n) is 4.11. The van der Waals surface area contributed by atoms with E-state index in [1.165, 1.54) is 11.3 Å². The van der Waals surface area contributed by atoms with E-state index in [0.29, 0.717) is 17.3 Å². The topological polar surface area (TPSA) is 55.8 Å². The van der Waals surface area contributed by atoms with Crippen molar-refractivity contribution in [3.8, 4) is 11.5 Å². The van der Waals surface area contributed by atoms with Gasteiger partial charge in [0.25, 0.3) is 10.0 Å². The van der Waals surface area contributed by atoms with Gasteiger partial charge in [0.1, 0.15) is 4.21 Å². The van der Waals surface area contributed by atoms with Gasteiger partial charge in [-0.15, -0.1) is 11.3 Å². The first-order valence-electron chi connectivity index (χ1n) is 7.08. The number of thiophene rings is 1. The van der Waals surface area contributed by atoms with E-state index in [-0.39, 0.29) is 12.7 Å². The number of hydrogen-bond acceptors (Lipinski definition) is 5. The summed E-state index contributed by atoms with van der Waals surface area (Å²) in [5, 5.41) is 1.79. The SMILES string of the molecule is O=S(=O)(c1cccs1)N1CCC(c2ccc3c(c2)OCO3)C1. The number of ether oxygens (including phenoxy) is 2. The Morgan fingerprint density at radius 1 is 1.18 bits per heavy atom. The molecule has 0 N–H and O–H groups in total. The predicted molar refractivity (Wildman–Crippen MR) is 83.0 cm³/mol. The van der Waals surface area contributed by atoms with Crippen LogP contribution in [0.1, 0.15) is 17.9 Å². The second-order valence-electron chi connectivity index (χ2n) is 5.39. The molecule has 1 saturated heterocycles. The van der Waals surface area contributed by atoms with E-state index in [9.17, 15) is 8.42 Å². The van der Waals surface area contributed by atoms with Crippen molar-refractivity contribution in [2.24, 2.45) is 0 Å². The van der Waals surface area contributed by atoms with Crippen molar-refractivity contribution in [1.82, 2.24) is 4.31 Å². The summed E-state index contributed by atoms with van der Waals surface area (Å²) in [6.07, 6.45) is 0.824. The molecular formula is C15H15NO4S2. The van der Waals surface area contributed by atoms with E-state index >= 15 is 0 Å². The number of hydrogen-bond donors (Lipinski definition) is 0. The molecule has 1 atom stereocenters. The molecule has 22 heavy (non-hydrogen) atoms. The first-order valence-corrected chi connectivity index (χ1v) is 9.40. The molecule has 1 aromatic heterocycles. The number of benzene rings is 1. The van der Waals surface area contributed by atoms with Crippen LogP contribution in [-0.2, 0) is 10.0 Å². The highest BCUT2D eigenvalue weighted by molar-refractivity contribution is 7.91. The summed E-state index contributed by atoms with van der Waals surface area (Å²) in [6, 6.07) is 9.29. The fraction of sp³-hybridized carbons (Fsp3) is 0.333. The second kappa shape index (κ2) is 5.26. The van der Waals surface area contributed by atoms with Crippen LogP contribution in [0, 0.1) is 0 Å². The van der Waals surface area contributed by atoms with E-state index in [1.54, 1.807) is 21.8 Å². The van der Waals surface area contributed by atoms with Gasteiger partial charge in [0.2, 0.25) is 6.79 Å². The summed E-state index contributed by atoms with van der Waals surface area (Å²) >= 11 is 1.26. The maximum Gasteiger partial charge on any atom is 0.252 e. The molecule has 1 fully saturated rings. The van der Waals surface area contributed by atoms with E-state index in [0.717, 1.165) is 23.5 Å². The Morgan fingerprint density at radius 2 is 2.05 bits per heavy atom. The Labute approximate surface area is 133 Å². The van der Waals surface area contributed by atoms with Crippen molar-refractivity contribution < 1.29 is 17.9 Å². The molecule has 0 radical (unpaired) electrons. The molecule has 0 spiro atoms. The van der Waals surface area contributed by atoms with Gasteiger partial charge >= 0.3 is 0 Å².